The number of hydrogen-bond donors (Lipinski definition) is 2. The van der Waals surface area contributed by atoms with E-state index in [1.807, 2.05) is 36.4 Å². The van der Waals surface area contributed by atoms with Gasteiger partial charge in [-0.05, 0) is 49.1 Å². The molecular weight excluding hydrogens is 506 g/mol. The van der Waals surface area contributed by atoms with E-state index in [-0.39, 0.29) is 18.9 Å². The molecule has 9 heteroatoms. The number of benzene rings is 2. The lowest BCUT2D eigenvalue weighted by Gasteiger charge is -2.34. The molecule has 1 aromatic heterocycles. The lowest BCUT2D eigenvalue weighted by Crippen LogP contribution is -2.44. The van der Waals surface area contributed by atoms with Crippen LogP contribution in [0.25, 0.3) is 0 Å². The number of hydrogen-bond acceptors (Lipinski definition) is 7. The third-order valence-electron chi connectivity index (χ3n) is 7.66. The van der Waals surface area contributed by atoms with Gasteiger partial charge in [0, 0.05) is 32.2 Å². The van der Waals surface area contributed by atoms with Crippen LogP contribution in [0.1, 0.15) is 59.6 Å². The first-order chi connectivity index (χ1) is 19.6. The van der Waals surface area contributed by atoms with Crippen LogP contribution in [0.4, 0.5) is 11.8 Å². The highest BCUT2D eigenvalue weighted by Crippen LogP contribution is 2.30. The SMILES string of the molecule is O=C(NC(COCc1ccccc1)C(=O)O)c1cc(N2CCCCC2)nc(N2CCC(c3ccccc3)CC2)n1. The number of piperidine rings is 2. The molecule has 2 aromatic carbocycles. The summed E-state index contributed by atoms with van der Waals surface area (Å²) < 4.78 is 5.62. The maximum atomic E-state index is 13.3. The van der Waals surface area contributed by atoms with Crippen molar-refractivity contribution in [2.75, 3.05) is 42.6 Å². The smallest absolute Gasteiger partial charge is 0.328 e. The molecule has 1 amide bonds. The number of carboxylic acids is 1. The summed E-state index contributed by atoms with van der Waals surface area (Å²) in [6.45, 7) is 3.43. The predicted octanol–water partition coefficient (Wildman–Crippen LogP) is 4.25. The summed E-state index contributed by atoms with van der Waals surface area (Å²) in [5.74, 6) is 0.0172. The van der Waals surface area contributed by atoms with Crippen LogP contribution in [0.2, 0.25) is 0 Å². The first-order valence-electron chi connectivity index (χ1n) is 14.2. The maximum Gasteiger partial charge on any atom is 0.328 e. The van der Waals surface area contributed by atoms with Gasteiger partial charge in [-0.3, -0.25) is 4.79 Å². The third-order valence-corrected chi connectivity index (χ3v) is 7.66. The Kier molecular flexibility index (Phi) is 9.23. The maximum absolute atomic E-state index is 13.3. The van der Waals surface area contributed by atoms with Crippen molar-refractivity contribution in [3.05, 3.63) is 83.6 Å². The fourth-order valence-corrected chi connectivity index (χ4v) is 5.38. The van der Waals surface area contributed by atoms with Crippen molar-refractivity contribution < 1.29 is 19.4 Å². The van der Waals surface area contributed by atoms with Crippen molar-refractivity contribution in [3.8, 4) is 0 Å². The Bertz CT molecular complexity index is 1260. The first-order valence-corrected chi connectivity index (χ1v) is 14.2. The molecule has 2 aliphatic rings. The van der Waals surface area contributed by atoms with Crippen molar-refractivity contribution in [2.24, 2.45) is 0 Å². The zero-order valence-electron chi connectivity index (χ0n) is 22.7. The number of nitrogens with zero attached hydrogens (tertiary/aromatic N) is 4. The summed E-state index contributed by atoms with van der Waals surface area (Å²) in [5.41, 5.74) is 2.45. The minimum absolute atomic E-state index is 0.153. The molecule has 0 bridgehead atoms. The van der Waals surface area contributed by atoms with Crippen molar-refractivity contribution >= 4 is 23.6 Å². The molecule has 0 radical (unpaired) electrons. The molecule has 2 saturated heterocycles. The second-order valence-corrected chi connectivity index (χ2v) is 10.5. The number of nitrogens with one attached hydrogen (secondary N) is 1. The third kappa shape index (κ3) is 7.15. The van der Waals surface area contributed by atoms with E-state index in [0.717, 1.165) is 57.4 Å². The monoisotopic (exact) mass is 543 g/mol. The van der Waals surface area contributed by atoms with E-state index < -0.39 is 17.9 Å². The molecule has 3 aromatic rings. The average Bonchev–Trinajstić information content (AvgIpc) is 3.01. The van der Waals surface area contributed by atoms with Gasteiger partial charge in [0.2, 0.25) is 5.95 Å². The molecule has 210 valence electrons. The Morgan fingerprint density at radius 3 is 2.25 bits per heavy atom. The minimum atomic E-state index is -1.20. The molecule has 1 atom stereocenters. The van der Waals surface area contributed by atoms with Crippen molar-refractivity contribution in [3.63, 3.8) is 0 Å². The largest absolute Gasteiger partial charge is 0.480 e. The molecule has 9 nitrogen and oxygen atoms in total. The number of rotatable bonds is 10. The number of carboxylic acid groups (broad SMARTS) is 1. The molecule has 0 aliphatic carbocycles. The van der Waals surface area contributed by atoms with Crippen LogP contribution >= 0.6 is 0 Å². The molecule has 40 heavy (non-hydrogen) atoms. The fourth-order valence-electron chi connectivity index (χ4n) is 5.38. The van der Waals surface area contributed by atoms with Gasteiger partial charge in [-0.1, -0.05) is 60.7 Å². The van der Waals surface area contributed by atoms with Gasteiger partial charge >= 0.3 is 5.97 Å². The van der Waals surface area contributed by atoms with Gasteiger partial charge in [-0.15, -0.1) is 0 Å². The average molecular weight is 544 g/mol. The molecule has 0 saturated carbocycles. The summed E-state index contributed by atoms with van der Waals surface area (Å²) in [6, 6.07) is 20.5. The van der Waals surface area contributed by atoms with Crippen molar-refractivity contribution in [1.29, 1.82) is 0 Å². The zero-order valence-corrected chi connectivity index (χ0v) is 22.7. The van der Waals surface area contributed by atoms with Gasteiger partial charge in [0.1, 0.15) is 11.5 Å². The van der Waals surface area contributed by atoms with Crippen LogP contribution in [-0.4, -0.2) is 65.8 Å². The van der Waals surface area contributed by atoms with Gasteiger partial charge in [-0.2, -0.15) is 4.98 Å². The second kappa shape index (κ2) is 13.4. The standard InChI is InChI=1S/C31H37N5O4/c37-29(32-27(30(38)39)22-40-21-23-10-4-1-5-11-23)26-20-28(35-16-8-3-9-17-35)34-31(33-26)36-18-14-25(15-19-36)24-12-6-2-7-13-24/h1-2,4-7,10-13,20,25,27H,3,8-9,14-19,21-22H2,(H,32,37)(H,38,39). The number of anilines is 2. The molecular formula is C31H37N5O4. The van der Waals surface area contributed by atoms with Crippen LogP contribution in [0, 0.1) is 0 Å². The predicted molar refractivity (Wildman–Crippen MR) is 154 cm³/mol. The number of aliphatic carboxylic acids is 1. The highest BCUT2D eigenvalue weighted by molar-refractivity contribution is 5.95. The van der Waals surface area contributed by atoms with E-state index in [2.05, 4.69) is 44.4 Å². The lowest BCUT2D eigenvalue weighted by atomic mass is 9.90. The Hall–Kier alpha value is -3.98. The van der Waals surface area contributed by atoms with E-state index >= 15 is 0 Å². The highest BCUT2D eigenvalue weighted by Gasteiger charge is 2.27. The van der Waals surface area contributed by atoms with Crippen LogP contribution < -0.4 is 15.1 Å². The molecule has 3 heterocycles. The summed E-state index contributed by atoms with van der Waals surface area (Å²) in [7, 11) is 0. The van der Waals surface area contributed by atoms with E-state index in [9.17, 15) is 14.7 Å². The molecule has 2 aliphatic heterocycles. The summed E-state index contributed by atoms with van der Waals surface area (Å²) >= 11 is 0. The Labute approximate surface area is 235 Å². The molecule has 2 N–H and O–H groups in total. The normalized spacial score (nSPS) is 16.9. The molecule has 2 fully saturated rings. The van der Waals surface area contributed by atoms with Gasteiger partial charge in [0.25, 0.3) is 5.91 Å². The summed E-state index contributed by atoms with van der Waals surface area (Å²) in [4.78, 5) is 39.1. The van der Waals surface area contributed by atoms with Crippen molar-refractivity contribution in [1.82, 2.24) is 15.3 Å². The van der Waals surface area contributed by atoms with E-state index in [0.29, 0.717) is 17.7 Å². The van der Waals surface area contributed by atoms with Crippen LogP contribution in [0.3, 0.4) is 0 Å². The topological polar surface area (TPSA) is 108 Å². The van der Waals surface area contributed by atoms with Crippen molar-refractivity contribution in [2.45, 2.75) is 50.7 Å². The fraction of sp³-hybridized carbons (Fsp3) is 0.419. The van der Waals surface area contributed by atoms with E-state index in [1.165, 1.54) is 12.0 Å². The van der Waals surface area contributed by atoms with E-state index in [4.69, 9.17) is 9.72 Å². The van der Waals surface area contributed by atoms with Gasteiger partial charge in [-0.25, -0.2) is 9.78 Å². The van der Waals surface area contributed by atoms with Gasteiger partial charge in [0.05, 0.1) is 13.2 Å². The summed E-state index contributed by atoms with van der Waals surface area (Å²) in [6.07, 6.45) is 5.27. The quantitative estimate of drug-likeness (QED) is 0.391. The van der Waals surface area contributed by atoms with Crippen LogP contribution in [-0.2, 0) is 16.1 Å². The highest BCUT2D eigenvalue weighted by atomic mass is 16.5. The number of ether oxygens (including phenoxy) is 1. The number of aromatic nitrogens is 2. The summed E-state index contributed by atoms with van der Waals surface area (Å²) in [5, 5.41) is 12.4. The molecule has 0 spiro atoms. The zero-order chi connectivity index (χ0) is 27.7. The molecule has 1 unspecified atom stereocenters. The Morgan fingerprint density at radius 1 is 0.900 bits per heavy atom. The number of amides is 1. The van der Waals surface area contributed by atoms with Crippen LogP contribution in [0.15, 0.2) is 66.7 Å². The Morgan fingerprint density at radius 2 is 1.57 bits per heavy atom. The lowest BCUT2D eigenvalue weighted by molar-refractivity contribution is -0.141. The molecule has 5 rings (SSSR count). The second-order valence-electron chi connectivity index (χ2n) is 10.5. The van der Waals surface area contributed by atoms with E-state index in [1.54, 1.807) is 6.07 Å². The van der Waals surface area contributed by atoms with Crippen LogP contribution in [0.5, 0.6) is 0 Å². The first kappa shape index (κ1) is 27.6. The minimum Gasteiger partial charge on any atom is -0.480 e. The number of carbonyl (C=O) groups is 2. The van der Waals surface area contributed by atoms with Gasteiger partial charge in [0.15, 0.2) is 6.04 Å². The van der Waals surface area contributed by atoms with Gasteiger partial charge < -0.3 is 25.0 Å². The number of carbonyl (C=O) groups excluding carboxylic acids is 1. The Balaban J connectivity index is 1.30.